The van der Waals surface area contributed by atoms with Crippen molar-refractivity contribution in [2.45, 2.75) is 56.8 Å². The van der Waals surface area contributed by atoms with E-state index in [2.05, 4.69) is 23.5 Å². The molecule has 1 aromatic carbocycles. The molecule has 0 amide bonds. The number of hydrogen-bond acceptors (Lipinski definition) is 3. The predicted molar refractivity (Wildman–Crippen MR) is 80.2 cm³/mol. The van der Waals surface area contributed by atoms with Crippen LogP contribution in [0.25, 0.3) is 0 Å². The van der Waals surface area contributed by atoms with Crippen LogP contribution in [0, 0.1) is 0 Å². The van der Waals surface area contributed by atoms with Crippen LogP contribution in [0.2, 0.25) is 0 Å². The van der Waals surface area contributed by atoms with E-state index in [1.54, 1.807) is 0 Å². The predicted octanol–water partition coefficient (Wildman–Crippen LogP) is 2.93. The summed E-state index contributed by atoms with van der Waals surface area (Å²) in [5.41, 5.74) is 1.34. The number of para-hydroxylation sites is 1. The fourth-order valence-electron chi connectivity index (χ4n) is 3.39. The summed E-state index contributed by atoms with van der Waals surface area (Å²) in [6, 6.07) is 8.83. The number of rotatable bonds is 6. The zero-order valence-corrected chi connectivity index (χ0v) is 12.3. The van der Waals surface area contributed by atoms with Gasteiger partial charge in [0.2, 0.25) is 0 Å². The smallest absolute Gasteiger partial charge is 0.123 e. The van der Waals surface area contributed by atoms with E-state index in [9.17, 15) is 0 Å². The Bertz CT molecular complexity index is 404. The Morgan fingerprint density at radius 3 is 3.00 bits per heavy atom. The Morgan fingerprint density at radius 2 is 2.25 bits per heavy atom. The van der Waals surface area contributed by atoms with E-state index < -0.39 is 0 Å². The fourth-order valence-corrected chi connectivity index (χ4v) is 3.39. The van der Waals surface area contributed by atoms with Gasteiger partial charge in [-0.15, -0.1) is 0 Å². The fraction of sp³-hybridized carbons (Fsp3) is 0.647. The van der Waals surface area contributed by atoms with Crippen molar-refractivity contribution in [1.82, 2.24) is 5.32 Å². The number of likely N-dealkylation sites (N-methyl/N-ethyl adjacent to an activating group) is 1. The van der Waals surface area contributed by atoms with E-state index in [1.165, 1.54) is 31.2 Å². The van der Waals surface area contributed by atoms with Crippen molar-refractivity contribution in [3.05, 3.63) is 29.8 Å². The molecule has 0 spiro atoms. The average molecular weight is 275 g/mol. The third kappa shape index (κ3) is 3.15. The van der Waals surface area contributed by atoms with E-state index in [0.717, 1.165) is 25.2 Å². The Labute approximate surface area is 121 Å². The number of hydrogen-bond donors (Lipinski definition) is 1. The van der Waals surface area contributed by atoms with E-state index >= 15 is 0 Å². The van der Waals surface area contributed by atoms with Gasteiger partial charge in [0, 0.05) is 19.1 Å². The Kier molecular flexibility index (Phi) is 4.58. The molecule has 0 radical (unpaired) electrons. The molecule has 3 atom stereocenters. The summed E-state index contributed by atoms with van der Waals surface area (Å²) in [7, 11) is 2.04. The van der Waals surface area contributed by atoms with Crippen molar-refractivity contribution in [1.29, 1.82) is 0 Å². The molecule has 1 saturated heterocycles. The van der Waals surface area contributed by atoms with Crippen LogP contribution < -0.4 is 10.1 Å². The van der Waals surface area contributed by atoms with Crippen molar-refractivity contribution in [2.24, 2.45) is 0 Å². The quantitative estimate of drug-likeness (QED) is 0.866. The second-order valence-corrected chi connectivity index (χ2v) is 5.93. The van der Waals surface area contributed by atoms with E-state index in [4.69, 9.17) is 9.47 Å². The molecule has 1 fully saturated rings. The maximum Gasteiger partial charge on any atom is 0.123 e. The highest BCUT2D eigenvalue weighted by Crippen LogP contribution is 2.30. The summed E-state index contributed by atoms with van der Waals surface area (Å²) in [5.74, 6) is 1.07. The van der Waals surface area contributed by atoms with Crippen LogP contribution in [0.1, 0.15) is 37.7 Å². The zero-order chi connectivity index (χ0) is 13.8. The normalized spacial score (nSPS) is 26.2. The number of benzene rings is 1. The summed E-state index contributed by atoms with van der Waals surface area (Å²) in [5, 5.41) is 3.44. The highest BCUT2D eigenvalue weighted by Gasteiger charge is 2.29. The monoisotopic (exact) mass is 275 g/mol. The van der Waals surface area contributed by atoms with E-state index in [0.29, 0.717) is 12.1 Å². The topological polar surface area (TPSA) is 30.5 Å². The lowest BCUT2D eigenvalue weighted by atomic mass is 9.98. The molecule has 3 nitrogen and oxygen atoms in total. The van der Waals surface area contributed by atoms with Gasteiger partial charge in [0.1, 0.15) is 11.9 Å². The summed E-state index contributed by atoms with van der Waals surface area (Å²) < 4.78 is 11.8. The summed E-state index contributed by atoms with van der Waals surface area (Å²) >= 11 is 0. The molecule has 110 valence electrons. The lowest BCUT2D eigenvalue weighted by Gasteiger charge is -2.23. The van der Waals surface area contributed by atoms with Crippen molar-refractivity contribution >= 4 is 0 Å². The van der Waals surface area contributed by atoms with Crippen molar-refractivity contribution in [2.75, 3.05) is 13.7 Å². The van der Waals surface area contributed by atoms with Gasteiger partial charge in [-0.25, -0.2) is 0 Å². The number of fused-ring (bicyclic) bond motifs is 1. The van der Waals surface area contributed by atoms with Crippen LogP contribution in [0.4, 0.5) is 0 Å². The van der Waals surface area contributed by atoms with Gasteiger partial charge in [-0.05, 0) is 50.8 Å². The van der Waals surface area contributed by atoms with Crippen LogP contribution in [0.15, 0.2) is 24.3 Å². The molecule has 3 heteroatoms. The van der Waals surface area contributed by atoms with Gasteiger partial charge < -0.3 is 14.8 Å². The second kappa shape index (κ2) is 6.59. The summed E-state index contributed by atoms with van der Waals surface area (Å²) in [6.45, 7) is 0.959. The van der Waals surface area contributed by atoms with Crippen molar-refractivity contribution in [3.8, 4) is 5.75 Å². The van der Waals surface area contributed by atoms with Crippen molar-refractivity contribution < 1.29 is 9.47 Å². The van der Waals surface area contributed by atoms with Gasteiger partial charge in [-0.2, -0.15) is 0 Å². The Hall–Kier alpha value is -1.06. The molecular formula is C17H25NO2. The van der Waals surface area contributed by atoms with E-state index in [1.807, 2.05) is 13.1 Å². The summed E-state index contributed by atoms with van der Waals surface area (Å²) in [6.07, 6.45) is 7.87. The molecule has 1 N–H and O–H groups in total. The molecule has 3 unspecified atom stereocenters. The lowest BCUT2D eigenvalue weighted by Crippen LogP contribution is -2.40. The Balaban J connectivity index is 1.48. The van der Waals surface area contributed by atoms with Crippen molar-refractivity contribution in [3.63, 3.8) is 0 Å². The minimum Gasteiger partial charge on any atom is -0.488 e. The molecule has 2 aliphatic rings. The Morgan fingerprint density at radius 1 is 1.35 bits per heavy atom. The summed E-state index contributed by atoms with van der Waals surface area (Å²) in [4.78, 5) is 0. The SMILES string of the molecule is CNC(CCCC1CCCO1)C1Cc2ccccc2O1. The first-order valence-corrected chi connectivity index (χ1v) is 7.90. The molecule has 20 heavy (non-hydrogen) atoms. The van der Waals surface area contributed by atoms with Gasteiger partial charge in [0.25, 0.3) is 0 Å². The first kappa shape index (κ1) is 13.9. The number of nitrogens with one attached hydrogen (secondary N) is 1. The molecule has 3 rings (SSSR count). The van der Waals surface area contributed by atoms with Gasteiger partial charge in [-0.1, -0.05) is 18.2 Å². The van der Waals surface area contributed by atoms with E-state index in [-0.39, 0.29) is 6.10 Å². The van der Waals surface area contributed by atoms with Gasteiger partial charge in [-0.3, -0.25) is 0 Å². The third-order valence-corrected chi connectivity index (χ3v) is 4.56. The lowest BCUT2D eigenvalue weighted by molar-refractivity contribution is 0.0985. The zero-order valence-electron chi connectivity index (χ0n) is 12.3. The minimum absolute atomic E-state index is 0.280. The standard InChI is InChI=1S/C17H25NO2/c1-18-15(9-4-7-14-8-5-11-19-14)17-12-13-6-2-3-10-16(13)20-17/h2-3,6,10,14-15,17-18H,4-5,7-9,11-12H2,1H3. The van der Waals surface area contributed by atoms with Gasteiger partial charge in [0.15, 0.2) is 0 Å². The molecule has 2 aliphatic heterocycles. The third-order valence-electron chi connectivity index (χ3n) is 4.56. The van der Waals surface area contributed by atoms with Gasteiger partial charge in [0.05, 0.1) is 6.10 Å². The maximum absolute atomic E-state index is 6.09. The van der Waals surface area contributed by atoms with Crippen LogP contribution in [-0.4, -0.2) is 31.9 Å². The average Bonchev–Trinajstić information content (AvgIpc) is 3.12. The largest absolute Gasteiger partial charge is 0.488 e. The molecule has 0 bridgehead atoms. The van der Waals surface area contributed by atoms with Crippen LogP contribution in [-0.2, 0) is 11.2 Å². The maximum atomic E-state index is 6.09. The minimum atomic E-state index is 0.280. The van der Waals surface area contributed by atoms with Gasteiger partial charge >= 0.3 is 0 Å². The van der Waals surface area contributed by atoms with Crippen LogP contribution in [0.5, 0.6) is 5.75 Å². The molecular weight excluding hydrogens is 250 g/mol. The highest BCUT2D eigenvalue weighted by atomic mass is 16.5. The molecule has 0 aliphatic carbocycles. The molecule has 1 aromatic rings. The first-order chi connectivity index (χ1) is 9.86. The van der Waals surface area contributed by atoms with Crippen LogP contribution in [0.3, 0.4) is 0 Å². The number of ether oxygens (including phenoxy) is 2. The molecule has 0 aromatic heterocycles. The molecule has 0 saturated carbocycles. The first-order valence-electron chi connectivity index (χ1n) is 7.90. The second-order valence-electron chi connectivity index (χ2n) is 5.93. The molecule has 2 heterocycles. The highest BCUT2D eigenvalue weighted by molar-refractivity contribution is 5.37. The van der Waals surface area contributed by atoms with Crippen LogP contribution >= 0.6 is 0 Å².